The Labute approximate surface area is 94.9 Å². The van der Waals surface area contributed by atoms with E-state index in [1.807, 2.05) is 0 Å². The molecule has 3 nitrogen and oxygen atoms in total. The first-order valence-electron chi connectivity index (χ1n) is 5.83. The largest absolute Gasteiger partial charge is 0.692 e. The minimum Gasteiger partial charge on any atom is -0.134 e. The van der Waals surface area contributed by atoms with Crippen LogP contribution in [-0.4, -0.2) is 9.79 Å². The zero-order chi connectivity index (χ0) is 12.3. The van der Waals surface area contributed by atoms with Crippen LogP contribution in [0.4, 0.5) is 0 Å². The highest BCUT2D eigenvalue weighted by Crippen LogP contribution is 2.36. The van der Waals surface area contributed by atoms with Crippen molar-refractivity contribution in [3.05, 3.63) is 0 Å². The molecule has 0 radical (unpaired) electrons. The van der Waals surface area contributed by atoms with E-state index in [9.17, 15) is 0 Å². The maximum absolute atomic E-state index is 8.70. The summed E-state index contributed by atoms with van der Waals surface area (Å²) in [7, 11) is -2.87. The Kier molecular flexibility index (Phi) is 12.2. The van der Waals surface area contributed by atoms with E-state index in [0.29, 0.717) is 5.41 Å². The van der Waals surface area contributed by atoms with Crippen LogP contribution in [0.15, 0.2) is 0 Å². The van der Waals surface area contributed by atoms with E-state index in [1.54, 1.807) is 0 Å². The zero-order valence-electron chi connectivity index (χ0n) is 10.5. The van der Waals surface area contributed by atoms with Gasteiger partial charge in [0.2, 0.25) is 0 Å². The van der Waals surface area contributed by atoms with Crippen molar-refractivity contribution in [1.29, 1.82) is 0 Å². The maximum atomic E-state index is 8.70. The molecule has 0 heterocycles. The van der Waals surface area contributed by atoms with E-state index < -0.39 is 8.25 Å². The van der Waals surface area contributed by atoms with Gasteiger partial charge in [0.15, 0.2) is 0 Å². The molecule has 0 aliphatic rings. The van der Waals surface area contributed by atoms with Crippen LogP contribution in [-0.2, 0) is 4.57 Å². The van der Waals surface area contributed by atoms with E-state index in [0.717, 1.165) is 0 Å². The van der Waals surface area contributed by atoms with Crippen molar-refractivity contribution >= 4 is 8.25 Å². The summed E-state index contributed by atoms with van der Waals surface area (Å²) in [5.41, 5.74) is 0.684. The topological polar surface area (TPSA) is 57.5 Å². The fraction of sp³-hybridized carbons (Fsp3) is 1.00. The lowest BCUT2D eigenvalue weighted by Gasteiger charge is -2.31. The minimum absolute atomic E-state index is 0.684. The minimum atomic E-state index is -2.87. The standard InChI is InChI=1S/C11H24.HO3P/c1-5-9-11(7-3,8-4)10-6-2;1-4(2)3/h5-10H2,1-4H3;(H-,1,2,3)/p+1. The van der Waals surface area contributed by atoms with E-state index >= 15 is 0 Å². The number of rotatable bonds is 6. The normalized spacial score (nSPS) is 10.5. The first-order valence-corrected chi connectivity index (χ1v) is 6.99. The van der Waals surface area contributed by atoms with Gasteiger partial charge in [-0.25, -0.2) is 0 Å². The first kappa shape index (κ1) is 17.4. The Morgan fingerprint density at radius 3 is 1.33 bits per heavy atom. The lowest BCUT2D eigenvalue weighted by atomic mass is 9.75. The average Bonchev–Trinajstić information content (AvgIpc) is 2.16. The lowest BCUT2D eigenvalue weighted by Crippen LogP contribution is -2.17. The summed E-state index contributed by atoms with van der Waals surface area (Å²) in [4.78, 5) is 14.2. The fourth-order valence-electron chi connectivity index (χ4n) is 2.14. The van der Waals surface area contributed by atoms with Crippen LogP contribution in [0.1, 0.15) is 66.2 Å². The molecule has 0 aliphatic heterocycles. The molecule has 0 atom stereocenters. The van der Waals surface area contributed by atoms with Crippen molar-refractivity contribution in [3.8, 4) is 0 Å². The molecule has 4 heteroatoms. The molecule has 0 spiro atoms. The zero-order valence-corrected chi connectivity index (χ0v) is 11.4. The second-order valence-electron chi connectivity index (χ2n) is 3.96. The van der Waals surface area contributed by atoms with E-state index in [4.69, 9.17) is 14.4 Å². The SMILES string of the molecule is CCCC(CC)(CC)CCC.O=[P+](O)O. The van der Waals surface area contributed by atoms with Crippen molar-refractivity contribution in [2.75, 3.05) is 0 Å². The Hall–Kier alpha value is 0.0200. The Bertz CT molecular complexity index is 144. The number of hydrogen-bond acceptors (Lipinski definition) is 1. The van der Waals surface area contributed by atoms with Gasteiger partial charge in [0.05, 0.1) is 0 Å². The van der Waals surface area contributed by atoms with Crippen molar-refractivity contribution in [2.45, 2.75) is 66.2 Å². The summed E-state index contributed by atoms with van der Waals surface area (Å²) in [6, 6.07) is 0. The molecule has 0 rings (SSSR count). The van der Waals surface area contributed by atoms with Gasteiger partial charge in [0.25, 0.3) is 0 Å². The summed E-state index contributed by atoms with van der Waals surface area (Å²) in [5, 5.41) is 0. The van der Waals surface area contributed by atoms with Crippen molar-refractivity contribution in [2.24, 2.45) is 5.41 Å². The predicted octanol–water partition coefficient (Wildman–Crippen LogP) is 4.02. The van der Waals surface area contributed by atoms with Gasteiger partial charge in [-0.05, 0) is 18.3 Å². The summed E-state index contributed by atoms with van der Waals surface area (Å²) in [6.07, 6.45) is 8.28. The second kappa shape index (κ2) is 10.5. The molecule has 0 saturated heterocycles. The third-order valence-corrected chi connectivity index (χ3v) is 3.06. The van der Waals surface area contributed by atoms with E-state index in [-0.39, 0.29) is 0 Å². The van der Waals surface area contributed by atoms with Crippen LogP contribution in [0.2, 0.25) is 0 Å². The summed E-state index contributed by atoms with van der Waals surface area (Å²) >= 11 is 0. The first-order chi connectivity index (χ1) is 6.97. The monoisotopic (exact) mass is 237 g/mol. The van der Waals surface area contributed by atoms with Crippen molar-refractivity contribution in [1.82, 2.24) is 0 Å². The number of hydrogen-bond donors (Lipinski definition) is 2. The molecular weight excluding hydrogens is 211 g/mol. The molecule has 0 aromatic rings. The third kappa shape index (κ3) is 10.3. The molecule has 0 unspecified atom stereocenters. The molecule has 15 heavy (non-hydrogen) atoms. The molecule has 2 N–H and O–H groups in total. The molecular formula is C11H26O3P+. The second-order valence-corrected chi connectivity index (χ2v) is 4.47. The Morgan fingerprint density at radius 2 is 1.20 bits per heavy atom. The molecule has 0 aromatic carbocycles. The summed E-state index contributed by atoms with van der Waals surface area (Å²) in [5.74, 6) is 0. The van der Waals surface area contributed by atoms with Gasteiger partial charge >= 0.3 is 8.25 Å². The lowest BCUT2D eigenvalue weighted by molar-refractivity contribution is 0.214. The van der Waals surface area contributed by atoms with Gasteiger partial charge in [0.1, 0.15) is 0 Å². The van der Waals surface area contributed by atoms with Gasteiger partial charge in [-0.3, -0.25) is 0 Å². The fourth-order valence-corrected chi connectivity index (χ4v) is 2.14. The van der Waals surface area contributed by atoms with Crippen molar-refractivity contribution < 1.29 is 14.4 Å². The molecule has 0 amide bonds. The van der Waals surface area contributed by atoms with Crippen molar-refractivity contribution in [3.63, 3.8) is 0 Å². The summed E-state index contributed by atoms with van der Waals surface area (Å²) < 4.78 is 8.70. The molecule has 0 saturated carbocycles. The quantitative estimate of drug-likeness (QED) is 0.686. The van der Waals surface area contributed by atoms with Gasteiger partial charge in [0, 0.05) is 4.57 Å². The van der Waals surface area contributed by atoms with Crippen LogP contribution >= 0.6 is 8.25 Å². The highest BCUT2D eigenvalue weighted by molar-refractivity contribution is 7.30. The molecule has 92 valence electrons. The Balaban J connectivity index is 0. The molecule has 0 fully saturated rings. The molecule has 0 aliphatic carbocycles. The summed E-state index contributed by atoms with van der Waals surface area (Å²) in [6.45, 7) is 9.29. The van der Waals surface area contributed by atoms with Crippen LogP contribution in [0.5, 0.6) is 0 Å². The van der Waals surface area contributed by atoms with Gasteiger partial charge < -0.3 is 0 Å². The van der Waals surface area contributed by atoms with Crippen LogP contribution in [0.3, 0.4) is 0 Å². The highest BCUT2D eigenvalue weighted by atomic mass is 31.1. The highest BCUT2D eigenvalue weighted by Gasteiger charge is 2.23. The Morgan fingerprint density at radius 1 is 0.933 bits per heavy atom. The van der Waals surface area contributed by atoms with Gasteiger partial charge in [-0.15, -0.1) is 9.79 Å². The van der Waals surface area contributed by atoms with E-state index in [1.165, 1.54) is 38.5 Å². The molecule has 0 bridgehead atoms. The van der Waals surface area contributed by atoms with Crippen LogP contribution in [0.25, 0.3) is 0 Å². The average molecular weight is 237 g/mol. The molecule has 0 aromatic heterocycles. The predicted molar refractivity (Wildman–Crippen MR) is 64.9 cm³/mol. The van der Waals surface area contributed by atoms with E-state index in [2.05, 4.69) is 27.7 Å². The smallest absolute Gasteiger partial charge is 0.134 e. The van der Waals surface area contributed by atoms with Gasteiger partial charge in [-0.2, -0.15) is 0 Å². The third-order valence-electron chi connectivity index (χ3n) is 3.06. The van der Waals surface area contributed by atoms with Crippen LogP contribution in [0, 0.1) is 5.41 Å². The maximum Gasteiger partial charge on any atom is 0.692 e. The van der Waals surface area contributed by atoms with Gasteiger partial charge in [-0.1, -0.05) is 53.4 Å². The van der Waals surface area contributed by atoms with Crippen LogP contribution < -0.4 is 0 Å².